The summed E-state index contributed by atoms with van der Waals surface area (Å²) in [5, 5.41) is 0. The fraction of sp³-hybridized carbons (Fsp3) is 0.545. The Bertz CT molecular complexity index is 757. The number of rotatable bonds is 7. The summed E-state index contributed by atoms with van der Waals surface area (Å²) in [7, 11) is 0. The van der Waals surface area contributed by atoms with Gasteiger partial charge in [-0.25, -0.2) is 4.98 Å². The van der Waals surface area contributed by atoms with Crippen molar-refractivity contribution in [2.45, 2.75) is 58.2 Å². The van der Waals surface area contributed by atoms with Crippen LogP contribution in [0.15, 0.2) is 36.5 Å². The molecule has 144 valence electrons. The zero-order chi connectivity index (χ0) is 18.6. The summed E-state index contributed by atoms with van der Waals surface area (Å²) in [4.78, 5) is 25.6. The van der Waals surface area contributed by atoms with Crippen molar-refractivity contribution in [3.63, 3.8) is 0 Å². The van der Waals surface area contributed by atoms with E-state index in [9.17, 15) is 4.79 Å². The fourth-order valence-electron chi connectivity index (χ4n) is 4.45. The number of aromatic amines is 1. The van der Waals surface area contributed by atoms with Gasteiger partial charge in [0.1, 0.15) is 5.82 Å². The number of imidazole rings is 1. The van der Waals surface area contributed by atoms with Crippen molar-refractivity contribution in [1.29, 1.82) is 0 Å². The second-order valence-electron chi connectivity index (χ2n) is 8.03. The third-order valence-electron chi connectivity index (χ3n) is 5.91. The largest absolute Gasteiger partial charge is 0.345 e. The number of aryl methyl sites for hydroxylation is 1. The van der Waals surface area contributed by atoms with Gasteiger partial charge in [0.25, 0.3) is 0 Å². The topological polar surface area (TPSA) is 52.2 Å². The van der Waals surface area contributed by atoms with Crippen LogP contribution in [0.25, 0.3) is 0 Å². The number of fused-ring (bicyclic) bond motifs is 4. The summed E-state index contributed by atoms with van der Waals surface area (Å²) in [5.74, 6) is 1.56. The first-order chi connectivity index (χ1) is 13.2. The lowest BCUT2D eigenvalue weighted by atomic mass is 9.93. The minimum atomic E-state index is 0.134. The van der Waals surface area contributed by atoms with Gasteiger partial charge >= 0.3 is 0 Å². The van der Waals surface area contributed by atoms with Gasteiger partial charge in [-0.2, -0.15) is 0 Å². The van der Waals surface area contributed by atoms with Crippen LogP contribution in [-0.2, 0) is 24.3 Å². The van der Waals surface area contributed by atoms with Gasteiger partial charge in [-0.3, -0.25) is 9.69 Å². The monoisotopic (exact) mass is 366 g/mol. The van der Waals surface area contributed by atoms with Crippen LogP contribution >= 0.6 is 0 Å². The Hall–Kier alpha value is -2.14. The number of hydrogen-bond acceptors (Lipinski definition) is 3. The van der Waals surface area contributed by atoms with Gasteiger partial charge in [0.2, 0.25) is 5.91 Å². The van der Waals surface area contributed by atoms with Crippen molar-refractivity contribution >= 4 is 5.91 Å². The Morgan fingerprint density at radius 3 is 2.81 bits per heavy atom. The molecule has 2 bridgehead atoms. The first-order valence-electron chi connectivity index (χ1n) is 10.3. The highest BCUT2D eigenvalue weighted by Crippen LogP contribution is 2.31. The molecular formula is C22H30N4O. The Kier molecular flexibility index (Phi) is 5.58. The smallest absolute Gasteiger partial charge is 0.227 e. The Morgan fingerprint density at radius 2 is 2.00 bits per heavy atom. The van der Waals surface area contributed by atoms with Gasteiger partial charge in [0, 0.05) is 50.5 Å². The van der Waals surface area contributed by atoms with E-state index in [2.05, 4.69) is 51.0 Å². The molecule has 0 spiro atoms. The average molecular weight is 367 g/mol. The average Bonchev–Trinajstić information content (AvgIpc) is 2.97. The number of nitrogens with one attached hydrogen (secondary N) is 1. The highest BCUT2D eigenvalue weighted by atomic mass is 16.2. The molecule has 3 saturated heterocycles. The van der Waals surface area contributed by atoms with Crippen molar-refractivity contribution in [3.05, 3.63) is 53.6 Å². The van der Waals surface area contributed by atoms with Gasteiger partial charge in [0.05, 0.1) is 5.92 Å². The Morgan fingerprint density at radius 1 is 1.15 bits per heavy atom. The molecule has 4 heterocycles. The molecule has 1 aromatic heterocycles. The molecule has 0 unspecified atom stereocenters. The van der Waals surface area contributed by atoms with Gasteiger partial charge in [-0.15, -0.1) is 0 Å². The lowest BCUT2D eigenvalue weighted by Gasteiger charge is -2.36. The van der Waals surface area contributed by atoms with Crippen LogP contribution in [0.4, 0.5) is 0 Å². The molecule has 5 heteroatoms. The second kappa shape index (κ2) is 8.26. The van der Waals surface area contributed by atoms with E-state index in [0.717, 1.165) is 51.3 Å². The molecule has 0 radical (unpaired) electrons. The zero-order valence-corrected chi connectivity index (χ0v) is 16.2. The minimum absolute atomic E-state index is 0.134. The van der Waals surface area contributed by atoms with Crippen molar-refractivity contribution in [3.8, 4) is 0 Å². The number of amides is 1. The maximum atomic E-state index is 13.0. The predicted octanol–water partition coefficient (Wildman–Crippen LogP) is 3.38. The van der Waals surface area contributed by atoms with E-state index in [-0.39, 0.29) is 5.92 Å². The predicted molar refractivity (Wildman–Crippen MR) is 106 cm³/mol. The van der Waals surface area contributed by atoms with Gasteiger partial charge in [-0.1, -0.05) is 43.7 Å². The maximum absolute atomic E-state index is 13.0. The molecule has 0 aliphatic carbocycles. The van der Waals surface area contributed by atoms with E-state index in [1.54, 1.807) is 0 Å². The van der Waals surface area contributed by atoms with E-state index in [0.29, 0.717) is 11.9 Å². The molecule has 2 atom stereocenters. The number of aromatic nitrogens is 2. The van der Waals surface area contributed by atoms with Crippen molar-refractivity contribution < 1.29 is 4.79 Å². The molecule has 3 aliphatic rings. The molecular weight excluding hydrogens is 336 g/mol. The molecule has 27 heavy (non-hydrogen) atoms. The van der Waals surface area contributed by atoms with Crippen molar-refractivity contribution in [2.75, 3.05) is 13.1 Å². The molecule has 1 aromatic carbocycles. The molecule has 3 fully saturated rings. The molecule has 5 nitrogen and oxygen atoms in total. The van der Waals surface area contributed by atoms with Crippen LogP contribution in [0.5, 0.6) is 0 Å². The van der Waals surface area contributed by atoms with Crippen LogP contribution in [0.3, 0.4) is 0 Å². The number of carbonyl (C=O) groups is 1. The van der Waals surface area contributed by atoms with Crippen molar-refractivity contribution in [2.24, 2.45) is 5.92 Å². The van der Waals surface area contributed by atoms with E-state index < -0.39 is 0 Å². The first kappa shape index (κ1) is 18.2. The molecule has 0 saturated carbocycles. The zero-order valence-electron chi connectivity index (χ0n) is 16.2. The van der Waals surface area contributed by atoms with E-state index in [4.69, 9.17) is 0 Å². The SMILES string of the molecule is CCCCc1ncc(CN2C[C@@H]3CC[C@H](C2)N(Cc2ccccc2)C3=O)[nH]1. The molecule has 2 aromatic rings. The van der Waals surface area contributed by atoms with Crippen LogP contribution in [-0.4, -0.2) is 44.8 Å². The van der Waals surface area contributed by atoms with E-state index in [1.165, 1.54) is 24.1 Å². The van der Waals surface area contributed by atoms with E-state index >= 15 is 0 Å². The molecule has 5 rings (SSSR count). The summed E-state index contributed by atoms with van der Waals surface area (Å²) < 4.78 is 0. The van der Waals surface area contributed by atoms with Crippen LogP contribution in [0.1, 0.15) is 49.7 Å². The maximum Gasteiger partial charge on any atom is 0.227 e. The summed E-state index contributed by atoms with van der Waals surface area (Å²) in [6.45, 7) is 5.62. The highest BCUT2D eigenvalue weighted by molar-refractivity contribution is 5.80. The van der Waals surface area contributed by atoms with Crippen LogP contribution in [0, 0.1) is 5.92 Å². The van der Waals surface area contributed by atoms with Crippen molar-refractivity contribution in [1.82, 2.24) is 19.8 Å². The molecule has 1 N–H and O–H groups in total. The number of nitrogens with zero attached hydrogens (tertiary/aromatic N) is 3. The van der Waals surface area contributed by atoms with Gasteiger partial charge < -0.3 is 9.88 Å². The number of carbonyl (C=O) groups excluding carboxylic acids is 1. The van der Waals surface area contributed by atoms with Gasteiger partial charge in [0.15, 0.2) is 0 Å². The standard InChI is InChI=1S/C22H30N4O/c1-2-3-9-21-23-12-19(24-21)15-25-14-18-10-11-20(16-25)26(22(18)27)13-17-7-5-4-6-8-17/h4-8,12,18,20H,2-3,9-11,13-16H2,1H3,(H,23,24)/t18-,20+/m0/s1. The third-order valence-corrected chi connectivity index (χ3v) is 5.91. The quantitative estimate of drug-likeness (QED) is 0.817. The van der Waals surface area contributed by atoms with Crippen LogP contribution in [0.2, 0.25) is 0 Å². The second-order valence-corrected chi connectivity index (χ2v) is 8.03. The lowest BCUT2D eigenvalue weighted by Crippen LogP contribution is -2.47. The normalized spacial score (nSPS) is 23.0. The summed E-state index contributed by atoms with van der Waals surface area (Å²) >= 11 is 0. The summed E-state index contributed by atoms with van der Waals surface area (Å²) in [6, 6.07) is 10.7. The lowest BCUT2D eigenvalue weighted by molar-refractivity contribution is -0.140. The Labute approximate surface area is 161 Å². The van der Waals surface area contributed by atoms with Gasteiger partial charge in [-0.05, 0) is 24.8 Å². The minimum Gasteiger partial charge on any atom is -0.345 e. The summed E-state index contributed by atoms with van der Waals surface area (Å²) in [6.07, 6.45) is 7.49. The highest BCUT2D eigenvalue weighted by Gasteiger charge is 2.40. The van der Waals surface area contributed by atoms with Crippen LogP contribution < -0.4 is 0 Å². The third kappa shape index (κ3) is 4.24. The first-order valence-corrected chi connectivity index (χ1v) is 10.3. The van der Waals surface area contributed by atoms with E-state index in [1.807, 2.05) is 12.3 Å². The molecule has 3 aliphatic heterocycles. The molecule has 1 amide bonds. The number of piperidine rings is 1. The number of hydrogen-bond donors (Lipinski definition) is 1. The number of H-pyrrole nitrogens is 1. The number of benzene rings is 1. The summed E-state index contributed by atoms with van der Waals surface area (Å²) in [5.41, 5.74) is 2.39. The Balaban J connectivity index is 1.42. The number of unbranched alkanes of at least 4 members (excludes halogenated alkanes) is 1. The fourth-order valence-corrected chi connectivity index (χ4v) is 4.45.